The third-order valence-corrected chi connectivity index (χ3v) is 7.41. The Hall–Kier alpha value is -3.16. The van der Waals surface area contributed by atoms with E-state index in [9.17, 15) is 31.7 Å². The number of hydrogen-bond acceptors (Lipinski definition) is 7. The molecule has 1 amide bonds. The van der Waals surface area contributed by atoms with Gasteiger partial charge in [0.05, 0.1) is 21.4 Å². The van der Waals surface area contributed by atoms with E-state index in [1.165, 1.54) is 27.4 Å². The Kier molecular flexibility index (Phi) is 7.48. The molecule has 3 aromatic rings. The molecule has 1 unspecified atom stereocenters. The van der Waals surface area contributed by atoms with E-state index < -0.39 is 49.4 Å². The summed E-state index contributed by atoms with van der Waals surface area (Å²) in [6.45, 7) is -0.0573. The van der Waals surface area contributed by atoms with Gasteiger partial charge >= 0.3 is 0 Å². The standard InChI is InChI=1S/C21H23FN4O6S2/c1-25(33(2)30)9-10-26-15-5-4-8-23-18(15)19(27)17(21(26)29)20(28)24-12-13-6-7-14(22)11-16(13)34(3,31)32/h4-8,11,27H,9-10,12H2,1-3H3,(H,24,28). The Morgan fingerprint density at radius 2 is 2.03 bits per heavy atom. The maximum atomic E-state index is 13.6. The third-order valence-electron chi connectivity index (χ3n) is 5.17. The van der Waals surface area contributed by atoms with E-state index in [1.54, 1.807) is 19.2 Å². The molecule has 0 aliphatic carbocycles. The quantitative estimate of drug-likeness (QED) is 0.457. The van der Waals surface area contributed by atoms with E-state index in [1.807, 2.05) is 0 Å². The van der Waals surface area contributed by atoms with Crippen molar-refractivity contribution in [2.24, 2.45) is 0 Å². The molecule has 0 spiro atoms. The number of sulfone groups is 1. The number of pyridine rings is 2. The van der Waals surface area contributed by atoms with Crippen molar-refractivity contribution >= 4 is 37.8 Å². The first kappa shape index (κ1) is 25.5. The van der Waals surface area contributed by atoms with Crippen LogP contribution in [-0.4, -0.2) is 63.6 Å². The maximum absolute atomic E-state index is 13.6. The smallest absolute Gasteiger partial charge is 0.267 e. The molecule has 0 fully saturated rings. The monoisotopic (exact) mass is 510 g/mol. The molecular formula is C21H23FN4O6S2. The Morgan fingerprint density at radius 1 is 1.32 bits per heavy atom. The minimum Gasteiger partial charge on any atom is -0.505 e. The van der Waals surface area contributed by atoms with Gasteiger partial charge < -0.3 is 15.0 Å². The first-order valence-electron chi connectivity index (χ1n) is 9.93. The van der Waals surface area contributed by atoms with Crippen molar-refractivity contribution in [3.8, 4) is 5.75 Å². The van der Waals surface area contributed by atoms with Crippen LogP contribution in [0.15, 0.2) is 46.2 Å². The molecule has 0 saturated heterocycles. The fourth-order valence-electron chi connectivity index (χ4n) is 3.34. The number of carbonyl (C=O) groups is 1. The second kappa shape index (κ2) is 9.99. The van der Waals surface area contributed by atoms with Gasteiger partial charge in [-0.15, -0.1) is 0 Å². The zero-order valence-electron chi connectivity index (χ0n) is 18.6. The molecule has 13 heteroatoms. The number of amides is 1. The Bertz CT molecular complexity index is 1460. The highest BCUT2D eigenvalue weighted by atomic mass is 32.2. The third kappa shape index (κ3) is 5.32. The number of halogens is 1. The summed E-state index contributed by atoms with van der Waals surface area (Å²) in [6, 6.07) is 6.24. The maximum Gasteiger partial charge on any atom is 0.267 e. The zero-order valence-corrected chi connectivity index (χ0v) is 20.2. The van der Waals surface area contributed by atoms with Crippen molar-refractivity contribution in [3.05, 3.63) is 63.8 Å². The Morgan fingerprint density at radius 3 is 2.68 bits per heavy atom. The molecule has 1 aromatic carbocycles. The largest absolute Gasteiger partial charge is 0.505 e. The molecule has 34 heavy (non-hydrogen) atoms. The average molecular weight is 511 g/mol. The van der Waals surface area contributed by atoms with Crippen molar-refractivity contribution in [2.75, 3.05) is 26.1 Å². The van der Waals surface area contributed by atoms with Crippen LogP contribution in [0.4, 0.5) is 4.39 Å². The van der Waals surface area contributed by atoms with E-state index in [0.717, 1.165) is 18.4 Å². The number of benzene rings is 1. The summed E-state index contributed by atoms with van der Waals surface area (Å²) in [5, 5.41) is 13.1. The van der Waals surface area contributed by atoms with Gasteiger partial charge in [-0.2, -0.15) is 0 Å². The summed E-state index contributed by atoms with van der Waals surface area (Å²) >= 11 is 0. The van der Waals surface area contributed by atoms with Crippen LogP contribution in [0.1, 0.15) is 15.9 Å². The van der Waals surface area contributed by atoms with Crippen LogP contribution in [0.5, 0.6) is 5.75 Å². The van der Waals surface area contributed by atoms with Crippen molar-refractivity contribution in [3.63, 3.8) is 0 Å². The van der Waals surface area contributed by atoms with Gasteiger partial charge in [-0.25, -0.2) is 21.3 Å². The molecule has 1 atom stereocenters. The van der Waals surface area contributed by atoms with E-state index in [4.69, 9.17) is 0 Å². The van der Waals surface area contributed by atoms with Gasteiger partial charge in [0, 0.05) is 38.3 Å². The highest BCUT2D eigenvalue weighted by Gasteiger charge is 2.24. The minimum absolute atomic E-state index is 0.0196. The highest BCUT2D eigenvalue weighted by Crippen LogP contribution is 2.24. The molecule has 0 aliphatic heterocycles. The van der Waals surface area contributed by atoms with Gasteiger partial charge in [-0.3, -0.25) is 14.6 Å². The lowest BCUT2D eigenvalue weighted by atomic mass is 10.1. The molecule has 0 aliphatic rings. The van der Waals surface area contributed by atoms with Gasteiger partial charge in [0.2, 0.25) is 0 Å². The van der Waals surface area contributed by atoms with Crippen molar-refractivity contribution < 1.29 is 26.9 Å². The molecule has 182 valence electrons. The topological polar surface area (TPSA) is 139 Å². The molecule has 3 rings (SSSR count). The lowest BCUT2D eigenvalue weighted by molar-refractivity contribution is 0.0946. The van der Waals surface area contributed by atoms with Gasteiger partial charge in [0.25, 0.3) is 11.5 Å². The minimum atomic E-state index is -3.79. The fourth-order valence-corrected chi connectivity index (χ4v) is 4.62. The number of fused-ring (bicyclic) bond motifs is 1. The van der Waals surface area contributed by atoms with Crippen molar-refractivity contribution in [1.82, 2.24) is 19.2 Å². The van der Waals surface area contributed by atoms with E-state index >= 15 is 0 Å². The lowest BCUT2D eigenvalue weighted by Crippen LogP contribution is -2.35. The molecular weight excluding hydrogens is 487 g/mol. The molecule has 0 saturated carbocycles. The number of aromatic nitrogens is 2. The zero-order chi connectivity index (χ0) is 25.2. The lowest BCUT2D eigenvalue weighted by Gasteiger charge is -2.17. The molecule has 2 aromatic heterocycles. The van der Waals surface area contributed by atoms with Gasteiger partial charge in [0.1, 0.15) is 16.9 Å². The molecule has 2 heterocycles. The summed E-state index contributed by atoms with van der Waals surface area (Å²) in [5.74, 6) is -2.33. The Balaban J connectivity index is 2.01. The highest BCUT2D eigenvalue weighted by molar-refractivity contribution is 7.90. The average Bonchev–Trinajstić information content (AvgIpc) is 2.77. The number of nitrogens with zero attached hydrogens (tertiary/aromatic N) is 3. The number of nitrogens with one attached hydrogen (secondary N) is 1. The number of hydrogen-bond donors (Lipinski definition) is 2. The molecule has 2 N–H and O–H groups in total. The first-order chi connectivity index (χ1) is 15.9. The number of aromatic hydroxyl groups is 1. The second-order valence-corrected chi connectivity index (χ2v) is 11.0. The summed E-state index contributed by atoms with van der Waals surface area (Å²) in [5.41, 5.74) is -0.952. The molecule has 0 radical (unpaired) electrons. The van der Waals surface area contributed by atoms with E-state index in [2.05, 4.69) is 10.3 Å². The second-order valence-electron chi connectivity index (χ2n) is 7.53. The summed E-state index contributed by atoms with van der Waals surface area (Å²) in [4.78, 5) is 29.9. The van der Waals surface area contributed by atoms with Crippen LogP contribution in [0.3, 0.4) is 0 Å². The van der Waals surface area contributed by atoms with E-state index in [0.29, 0.717) is 0 Å². The van der Waals surface area contributed by atoms with Crippen LogP contribution in [0, 0.1) is 5.82 Å². The number of likely N-dealkylation sites (N-methyl/N-ethyl adjacent to an activating group) is 1. The van der Waals surface area contributed by atoms with E-state index in [-0.39, 0.29) is 41.1 Å². The van der Waals surface area contributed by atoms with Crippen LogP contribution in [0.2, 0.25) is 0 Å². The molecule has 0 bridgehead atoms. The summed E-state index contributed by atoms with van der Waals surface area (Å²) in [7, 11) is -3.46. The first-order valence-corrected chi connectivity index (χ1v) is 13.3. The van der Waals surface area contributed by atoms with Gasteiger partial charge in [0.15, 0.2) is 15.6 Å². The van der Waals surface area contributed by atoms with Gasteiger partial charge in [-0.05, 0) is 36.9 Å². The fraction of sp³-hybridized carbons (Fsp3) is 0.286. The number of rotatable bonds is 8. The Labute approximate surface area is 197 Å². The van der Waals surface area contributed by atoms with Crippen molar-refractivity contribution in [2.45, 2.75) is 18.0 Å². The van der Waals surface area contributed by atoms with Crippen LogP contribution in [-0.2, 0) is 33.9 Å². The number of carbonyl (C=O) groups excluding carboxylic acids is 1. The summed E-state index contributed by atoms with van der Waals surface area (Å²) in [6.07, 6.45) is 3.79. The van der Waals surface area contributed by atoms with Gasteiger partial charge in [-0.1, -0.05) is 6.07 Å². The normalized spacial score (nSPS) is 12.7. The van der Waals surface area contributed by atoms with Crippen LogP contribution in [0.25, 0.3) is 11.0 Å². The SMILES string of the molecule is CN(CCn1c(=O)c(C(=O)NCc2ccc(F)cc2S(C)(=O)=O)c(O)c2ncccc21)S(C)=O. The van der Waals surface area contributed by atoms with Crippen LogP contribution < -0.4 is 10.9 Å². The van der Waals surface area contributed by atoms with Crippen LogP contribution >= 0.6 is 0 Å². The molecule has 10 nitrogen and oxygen atoms in total. The predicted octanol–water partition coefficient (Wildman–Crippen LogP) is 0.800. The van der Waals surface area contributed by atoms with Crippen molar-refractivity contribution in [1.29, 1.82) is 0 Å². The predicted molar refractivity (Wildman–Crippen MR) is 125 cm³/mol. The summed E-state index contributed by atoms with van der Waals surface area (Å²) < 4.78 is 51.9.